The van der Waals surface area contributed by atoms with Crippen LogP contribution in [0.15, 0.2) is 40.6 Å². The van der Waals surface area contributed by atoms with E-state index in [-0.39, 0.29) is 10.9 Å². The molecule has 0 N–H and O–H groups in total. The van der Waals surface area contributed by atoms with E-state index in [9.17, 15) is 8.42 Å². The fourth-order valence-electron chi connectivity index (χ4n) is 2.95. The number of nitriles is 1. The Morgan fingerprint density at radius 1 is 1.41 bits per heavy atom. The summed E-state index contributed by atoms with van der Waals surface area (Å²) in [4.78, 5) is 1.48. The van der Waals surface area contributed by atoms with Gasteiger partial charge in [0.15, 0.2) is 0 Å². The van der Waals surface area contributed by atoms with E-state index in [0.717, 1.165) is 18.4 Å². The van der Waals surface area contributed by atoms with E-state index in [1.807, 2.05) is 24.4 Å². The first-order valence-electron chi connectivity index (χ1n) is 7.16. The van der Waals surface area contributed by atoms with E-state index in [0.29, 0.717) is 12.1 Å². The van der Waals surface area contributed by atoms with Gasteiger partial charge in [0, 0.05) is 11.4 Å². The van der Waals surface area contributed by atoms with Crippen molar-refractivity contribution in [3.05, 3.63) is 51.7 Å². The van der Waals surface area contributed by atoms with Crippen LogP contribution in [0.1, 0.15) is 35.4 Å². The van der Waals surface area contributed by atoms with E-state index in [1.165, 1.54) is 10.9 Å². The molecule has 3 rings (SSSR count). The SMILES string of the molecule is CC[C@@H]1c2ccsc2CCN1S(=O)(=O)c1cccc(C#N)c1. The van der Waals surface area contributed by atoms with Crippen LogP contribution in [0.5, 0.6) is 0 Å². The third-order valence-corrected chi connectivity index (χ3v) is 6.90. The first-order chi connectivity index (χ1) is 10.6. The Morgan fingerprint density at radius 3 is 2.95 bits per heavy atom. The van der Waals surface area contributed by atoms with Gasteiger partial charge in [-0.25, -0.2) is 8.42 Å². The smallest absolute Gasteiger partial charge is 0.207 e. The van der Waals surface area contributed by atoms with Crippen LogP contribution in [0, 0.1) is 11.3 Å². The second-order valence-corrected chi connectivity index (χ2v) is 8.12. The molecule has 4 nitrogen and oxygen atoms in total. The molecule has 2 aromatic rings. The highest BCUT2D eigenvalue weighted by Crippen LogP contribution is 2.38. The predicted molar refractivity (Wildman–Crippen MR) is 86.1 cm³/mol. The van der Waals surface area contributed by atoms with Crippen LogP contribution < -0.4 is 0 Å². The Morgan fingerprint density at radius 2 is 2.23 bits per heavy atom. The average Bonchev–Trinajstić information content (AvgIpc) is 3.02. The normalized spacial score (nSPS) is 18.6. The zero-order valence-corrected chi connectivity index (χ0v) is 13.8. The number of sulfonamides is 1. The molecule has 2 heterocycles. The molecule has 0 bridgehead atoms. The molecule has 1 atom stereocenters. The van der Waals surface area contributed by atoms with Crippen molar-refractivity contribution in [3.8, 4) is 6.07 Å². The average molecular weight is 332 g/mol. The number of thiophene rings is 1. The van der Waals surface area contributed by atoms with E-state index < -0.39 is 10.0 Å². The summed E-state index contributed by atoms with van der Waals surface area (Å²) in [6, 6.07) is 10.2. The van der Waals surface area contributed by atoms with Gasteiger partial charge in [-0.15, -0.1) is 11.3 Å². The van der Waals surface area contributed by atoms with Crippen molar-refractivity contribution in [2.24, 2.45) is 0 Å². The van der Waals surface area contributed by atoms with Crippen LogP contribution in [0.2, 0.25) is 0 Å². The lowest BCUT2D eigenvalue weighted by Crippen LogP contribution is -2.39. The number of hydrogen-bond donors (Lipinski definition) is 0. The topological polar surface area (TPSA) is 61.2 Å². The maximum atomic E-state index is 13.0. The Hall–Kier alpha value is -1.68. The highest BCUT2D eigenvalue weighted by Gasteiger charge is 2.35. The monoisotopic (exact) mass is 332 g/mol. The minimum absolute atomic E-state index is 0.120. The maximum Gasteiger partial charge on any atom is 0.243 e. The molecule has 0 radical (unpaired) electrons. The zero-order valence-electron chi connectivity index (χ0n) is 12.2. The first-order valence-corrected chi connectivity index (χ1v) is 9.48. The molecule has 1 aromatic heterocycles. The summed E-state index contributed by atoms with van der Waals surface area (Å²) in [6.45, 7) is 2.50. The number of rotatable bonds is 3. The highest BCUT2D eigenvalue weighted by atomic mass is 32.2. The lowest BCUT2D eigenvalue weighted by atomic mass is 10.0. The van der Waals surface area contributed by atoms with E-state index in [1.54, 1.807) is 33.8 Å². The Balaban J connectivity index is 2.04. The number of fused-ring (bicyclic) bond motifs is 1. The standard InChI is InChI=1S/C16H16N2O2S2/c1-2-15-14-7-9-21-16(14)6-8-18(15)22(19,20)13-5-3-4-12(10-13)11-17/h3-5,7,9-10,15H,2,6,8H2,1H3/t15-/m1/s1. The molecule has 0 amide bonds. The molecule has 1 aliphatic heterocycles. The molecule has 6 heteroatoms. The molecule has 0 fully saturated rings. The second kappa shape index (κ2) is 5.84. The number of nitrogens with zero attached hydrogens (tertiary/aromatic N) is 2. The fourth-order valence-corrected chi connectivity index (χ4v) is 5.60. The summed E-state index contributed by atoms with van der Waals surface area (Å²) in [7, 11) is -3.59. The summed E-state index contributed by atoms with van der Waals surface area (Å²) >= 11 is 1.69. The molecule has 0 aliphatic carbocycles. The molecular weight excluding hydrogens is 316 g/mol. The zero-order chi connectivity index (χ0) is 15.7. The summed E-state index contributed by atoms with van der Waals surface area (Å²) in [6.07, 6.45) is 1.49. The van der Waals surface area contributed by atoms with E-state index in [4.69, 9.17) is 5.26 Å². The van der Waals surface area contributed by atoms with Crippen LogP contribution in [-0.2, 0) is 16.4 Å². The van der Waals surface area contributed by atoms with Gasteiger partial charge in [-0.05, 0) is 48.1 Å². The van der Waals surface area contributed by atoms with Crippen molar-refractivity contribution in [3.63, 3.8) is 0 Å². The number of hydrogen-bond acceptors (Lipinski definition) is 4. The summed E-state index contributed by atoms with van der Waals surface area (Å²) in [5.41, 5.74) is 1.49. The van der Waals surface area contributed by atoms with Gasteiger partial charge in [-0.2, -0.15) is 9.57 Å². The third kappa shape index (κ3) is 2.45. The van der Waals surface area contributed by atoms with Crippen molar-refractivity contribution in [1.82, 2.24) is 4.31 Å². The number of benzene rings is 1. The maximum absolute atomic E-state index is 13.0. The Labute approximate surface area is 134 Å². The van der Waals surface area contributed by atoms with Gasteiger partial charge in [0.1, 0.15) is 0 Å². The van der Waals surface area contributed by atoms with Crippen LogP contribution >= 0.6 is 11.3 Å². The molecule has 0 saturated carbocycles. The minimum Gasteiger partial charge on any atom is -0.207 e. The lowest BCUT2D eigenvalue weighted by molar-refractivity contribution is 0.303. The van der Waals surface area contributed by atoms with Crippen LogP contribution in [-0.4, -0.2) is 19.3 Å². The van der Waals surface area contributed by atoms with Crippen molar-refractivity contribution in [2.45, 2.75) is 30.7 Å². The third-order valence-electron chi connectivity index (χ3n) is 4.00. The molecule has 1 aromatic carbocycles. The molecule has 0 unspecified atom stereocenters. The molecular formula is C16H16N2O2S2. The molecule has 114 valence electrons. The van der Waals surface area contributed by atoms with Gasteiger partial charge in [-0.1, -0.05) is 13.0 Å². The van der Waals surface area contributed by atoms with Crippen LogP contribution in [0.25, 0.3) is 0 Å². The molecule has 0 spiro atoms. The molecule has 1 aliphatic rings. The van der Waals surface area contributed by atoms with Crippen molar-refractivity contribution in [1.29, 1.82) is 5.26 Å². The van der Waals surface area contributed by atoms with Gasteiger partial charge < -0.3 is 0 Å². The van der Waals surface area contributed by atoms with Crippen molar-refractivity contribution in [2.75, 3.05) is 6.54 Å². The lowest BCUT2D eigenvalue weighted by Gasteiger charge is -2.34. The Kier molecular flexibility index (Phi) is 4.04. The van der Waals surface area contributed by atoms with E-state index in [2.05, 4.69) is 0 Å². The fraction of sp³-hybridized carbons (Fsp3) is 0.312. The van der Waals surface area contributed by atoms with E-state index >= 15 is 0 Å². The Bertz CT molecular complexity index is 834. The van der Waals surface area contributed by atoms with Gasteiger partial charge in [0.2, 0.25) is 10.0 Å². The summed E-state index contributed by atoms with van der Waals surface area (Å²) in [5.74, 6) is 0. The van der Waals surface area contributed by atoms with Gasteiger partial charge >= 0.3 is 0 Å². The van der Waals surface area contributed by atoms with Gasteiger partial charge in [0.25, 0.3) is 0 Å². The quantitative estimate of drug-likeness (QED) is 0.866. The summed E-state index contributed by atoms with van der Waals surface area (Å²) < 4.78 is 27.5. The van der Waals surface area contributed by atoms with Crippen molar-refractivity contribution >= 4 is 21.4 Å². The minimum atomic E-state index is -3.59. The largest absolute Gasteiger partial charge is 0.243 e. The van der Waals surface area contributed by atoms with Gasteiger partial charge in [0.05, 0.1) is 22.6 Å². The highest BCUT2D eigenvalue weighted by molar-refractivity contribution is 7.89. The van der Waals surface area contributed by atoms with Crippen LogP contribution in [0.3, 0.4) is 0 Å². The second-order valence-electron chi connectivity index (χ2n) is 5.23. The van der Waals surface area contributed by atoms with Crippen LogP contribution in [0.4, 0.5) is 0 Å². The first kappa shape index (κ1) is 15.2. The molecule has 0 saturated heterocycles. The van der Waals surface area contributed by atoms with Gasteiger partial charge in [-0.3, -0.25) is 0 Å². The van der Waals surface area contributed by atoms with Crippen molar-refractivity contribution < 1.29 is 8.42 Å². The summed E-state index contributed by atoms with van der Waals surface area (Å²) in [5, 5.41) is 11.0. The molecule has 22 heavy (non-hydrogen) atoms. The predicted octanol–water partition coefficient (Wildman–Crippen LogP) is 3.32.